The number of fused-ring (bicyclic) bond motifs is 1. The van der Waals surface area contributed by atoms with E-state index in [0.717, 1.165) is 57.8 Å². The third-order valence-electron chi connectivity index (χ3n) is 10.00. The molecule has 8 heteroatoms. The summed E-state index contributed by atoms with van der Waals surface area (Å²) in [6.07, 6.45) is 9.66. The largest absolute Gasteiger partial charge is 0.454 e. The number of alkyl halides is 4. The average molecular weight is 458 g/mol. The lowest BCUT2D eigenvalue weighted by Crippen LogP contribution is -2.59. The van der Waals surface area contributed by atoms with Crippen molar-refractivity contribution in [1.29, 1.82) is 0 Å². The van der Waals surface area contributed by atoms with Crippen LogP contribution >= 0.6 is 0 Å². The van der Waals surface area contributed by atoms with Crippen LogP contribution in [0.15, 0.2) is 0 Å². The SMILES string of the molecule is O=C(OC12CC3CC(CC(C3)C1)C2)C(F)(F)C(F)(F)C(=O)OC12CCCCC13CCCC32. The van der Waals surface area contributed by atoms with Gasteiger partial charge in [0.05, 0.1) is 0 Å². The highest BCUT2D eigenvalue weighted by molar-refractivity contribution is 5.90. The smallest absolute Gasteiger partial charge is 0.415 e. The van der Waals surface area contributed by atoms with Crippen molar-refractivity contribution in [2.75, 3.05) is 0 Å². The maximum Gasteiger partial charge on any atom is 0.415 e. The lowest BCUT2D eigenvalue weighted by atomic mass is 9.54. The van der Waals surface area contributed by atoms with Crippen LogP contribution in [0.5, 0.6) is 0 Å². The third kappa shape index (κ3) is 2.61. The van der Waals surface area contributed by atoms with E-state index in [1.165, 1.54) is 0 Å². The molecule has 0 amide bonds. The van der Waals surface area contributed by atoms with Crippen molar-refractivity contribution in [2.45, 2.75) is 107 Å². The number of rotatable bonds is 5. The molecule has 7 aliphatic carbocycles. The fraction of sp³-hybridized carbons (Fsp3) is 0.917. The van der Waals surface area contributed by atoms with Crippen LogP contribution in [-0.2, 0) is 19.1 Å². The van der Waals surface area contributed by atoms with Crippen LogP contribution in [0.25, 0.3) is 0 Å². The molecule has 0 aromatic rings. The number of carbonyl (C=O) groups is 2. The van der Waals surface area contributed by atoms with Crippen molar-refractivity contribution in [3.05, 3.63) is 0 Å². The van der Waals surface area contributed by atoms with Crippen molar-refractivity contribution in [2.24, 2.45) is 29.1 Å². The minimum Gasteiger partial charge on any atom is -0.454 e. The first kappa shape index (κ1) is 21.2. The summed E-state index contributed by atoms with van der Waals surface area (Å²) in [5.41, 5.74) is -2.47. The Morgan fingerprint density at radius 3 is 1.81 bits per heavy atom. The molecule has 7 rings (SSSR count). The quantitative estimate of drug-likeness (QED) is 0.408. The van der Waals surface area contributed by atoms with E-state index in [1.54, 1.807) is 0 Å². The van der Waals surface area contributed by atoms with Crippen LogP contribution < -0.4 is 0 Å². The number of hydrogen-bond donors (Lipinski definition) is 0. The van der Waals surface area contributed by atoms with Crippen molar-refractivity contribution in [3.63, 3.8) is 0 Å². The molecule has 1 spiro atoms. The highest BCUT2D eigenvalue weighted by Crippen LogP contribution is 2.78. The van der Waals surface area contributed by atoms with Gasteiger partial charge in [-0.05, 0) is 88.4 Å². The Hall–Kier alpha value is -1.34. The Morgan fingerprint density at radius 1 is 0.719 bits per heavy atom. The van der Waals surface area contributed by atoms with Gasteiger partial charge in [0, 0.05) is 11.3 Å². The van der Waals surface area contributed by atoms with E-state index in [2.05, 4.69) is 0 Å². The van der Waals surface area contributed by atoms with Gasteiger partial charge in [-0.3, -0.25) is 0 Å². The van der Waals surface area contributed by atoms with E-state index in [9.17, 15) is 27.2 Å². The van der Waals surface area contributed by atoms with E-state index in [-0.39, 0.29) is 11.3 Å². The van der Waals surface area contributed by atoms with E-state index in [1.807, 2.05) is 0 Å². The zero-order valence-electron chi connectivity index (χ0n) is 18.1. The maximum atomic E-state index is 14.8. The van der Waals surface area contributed by atoms with E-state index >= 15 is 0 Å². The zero-order chi connectivity index (χ0) is 22.6. The van der Waals surface area contributed by atoms with Crippen LogP contribution in [0.2, 0.25) is 0 Å². The highest BCUT2D eigenvalue weighted by Gasteiger charge is 2.82. The first-order chi connectivity index (χ1) is 15.0. The average Bonchev–Trinajstić information content (AvgIpc) is 3.01. The van der Waals surface area contributed by atoms with Gasteiger partial charge in [-0.2, -0.15) is 17.6 Å². The Morgan fingerprint density at radius 2 is 1.22 bits per heavy atom. The van der Waals surface area contributed by atoms with Gasteiger partial charge >= 0.3 is 23.8 Å². The van der Waals surface area contributed by atoms with Gasteiger partial charge in [0.15, 0.2) is 0 Å². The summed E-state index contributed by atoms with van der Waals surface area (Å²) in [5, 5.41) is 0. The summed E-state index contributed by atoms with van der Waals surface area (Å²) in [4.78, 5) is 24.9. The van der Waals surface area contributed by atoms with Crippen LogP contribution in [0.1, 0.15) is 83.5 Å². The lowest BCUT2D eigenvalue weighted by molar-refractivity contribution is -0.256. The molecule has 0 aliphatic heterocycles. The number of halogens is 4. The van der Waals surface area contributed by atoms with Crippen LogP contribution in [0.3, 0.4) is 0 Å². The Bertz CT molecular complexity index is 822. The van der Waals surface area contributed by atoms with Gasteiger partial charge in [0.25, 0.3) is 0 Å². The van der Waals surface area contributed by atoms with Crippen LogP contribution in [0.4, 0.5) is 17.6 Å². The summed E-state index contributed by atoms with van der Waals surface area (Å²) in [7, 11) is 0. The minimum absolute atomic E-state index is 0.0233. The molecule has 0 heterocycles. The van der Waals surface area contributed by atoms with Crippen LogP contribution in [-0.4, -0.2) is 35.0 Å². The molecule has 3 atom stereocenters. The molecule has 7 saturated carbocycles. The molecule has 7 aliphatic rings. The molecule has 178 valence electrons. The van der Waals surface area contributed by atoms with Gasteiger partial charge in [-0.1, -0.05) is 12.8 Å². The monoisotopic (exact) mass is 458 g/mol. The van der Waals surface area contributed by atoms with Gasteiger partial charge < -0.3 is 9.47 Å². The van der Waals surface area contributed by atoms with Crippen molar-refractivity contribution >= 4 is 11.9 Å². The predicted molar refractivity (Wildman–Crippen MR) is 104 cm³/mol. The normalized spacial score (nSPS) is 46.4. The van der Waals surface area contributed by atoms with Gasteiger partial charge in [0.1, 0.15) is 11.2 Å². The number of carbonyl (C=O) groups excluding carboxylic acids is 2. The maximum absolute atomic E-state index is 14.8. The van der Waals surface area contributed by atoms with Crippen LogP contribution in [0, 0.1) is 29.1 Å². The molecular formula is C24H30F4O4. The molecule has 4 nitrogen and oxygen atoms in total. The summed E-state index contributed by atoms with van der Waals surface area (Å²) in [6, 6.07) is 0. The lowest BCUT2D eigenvalue weighted by Gasteiger charge is -2.55. The van der Waals surface area contributed by atoms with Gasteiger partial charge in [-0.25, -0.2) is 9.59 Å². The van der Waals surface area contributed by atoms with E-state index < -0.39 is 35.0 Å². The second-order valence-corrected chi connectivity index (χ2v) is 11.7. The molecule has 0 N–H and O–H groups in total. The molecule has 0 radical (unpaired) electrons. The second kappa shape index (κ2) is 6.41. The summed E-state index contributed by atoms with van der Waals surface area (Å²) in [5.74, 6) is -14.2. The predicted octanol–water partition coefficient (Wildman–Crippen LogP) is 5.43. The molecule has 3 unspecified atom stereocenters. The minimum atomic E-state index is -5.25. The Balaban J connectivity index is 1.18. The summed E-state index contributed by atoms with van der Waals surface area (Å²) >= 11 is 0. The number of esters is 2. The zero-order valence-corrected chi connectivity index (χ0v) is 18.1. The molecule has 0 saturated heterocycles. The number of hydrogen-bond acceptors (Lipinski definition) is 4. The molecule has 0 aromatic heterocycles. The summed E-state index contributed by atoms with van der Waals surface area (Å²) < 4.78 is 69.6. The van der Waals surface area contributed by atoms with Crippen molar-refractivity contribution in [1.82, 2.24) is 0 Å². The van der Waals surface area contributed by atoms with E-state index in [0.29, 0.717) is 43.4 Å². The highest BCUT2D eigenvalue weighted by atomic mass is 19.3. The topological polar surface area (TPSA) is 52.6 Å². The summed E-state index contributed by atoms with van der Waals surface area (Å²) in [6.45, 7) is 0. The fourth-order valence-electron chi connectivity index (χ4n) is 9.13. The third-order valence-corrected chi connectivity index (χ3v) is 10.00. The second-order valence-electron chi connectivity index (χ2n) is 11.7. The first-order valence-electron chi connectivity index (χ1n) is 12.3. The number of ether oxygens (including phenoxy) is 2. The van der Waals surface area contributed by atoms with Gasteiger partial charge in [0.2, 0.25) is 0 Å². The molecule has 7 fully saturated rings. The van der Waals surface area contributed by atoms with Gasteiger partial charge in [-0.15, -0.1) is 0 Å². The first-order valence-corrected chi connectivity index (χ1v) is 12.3. The fourth-order valence-corrected chi connectivity index (χ4v) is 9.13. The molecule has 0 aromatic carbocycles. The van der Waals surface area contributed by atoms with E-state index in [4.69, 9.17) is 9.47 Å². The van der Waals surface area contributed by atoms with Crippen molar-refractivity contribution < 1.29 is 36.6 Å². The standard InChI is InChI=1S/C24H30F4O4/c25-23(26,18(29)31-20-11-14-8-15(12-20)10-16(9-14)13-20)24(27,28)19(30)32-22-7-2-1-5-21(22)6-3-4-17(21)22/h14-17H,1-13H2. The molecular weight excluding hydrogens is 428 g/mol. The van der Waals surface area contributed by atoms with Crippen molar-refractivity contribution in [3.8, 4) is 0 Å². The Labute approximate surface area is 184 Å². The molecule has 32 heavy (non-hydrogen) atoms. The molecule has 4 bridgehead atoms. The Kier molecular flexibility index (Phi) is 4.25.